The number of carbonyl (C=O) groups is 1. The minimum Gasteiger partial charge on any atom is -0.325 e. The number of anilines is 1. The van der Waals surface area contributed by atoms with Crippen LogP contribution in [0.1, 0.15) is 10.1 Å². The number of thioether (sulfide) groups is 1. The molecule has 22 heavy (non-hydrogen) atoms. The van der Waals surface area contributed by atoms with E-state index in [9.17, 15) is 4.79 Å². The highest BCUT2D eigenvalue weighted by Gasteiger charge is 2.20. The van der Waals surface area contributed by atoms with Gasteiger partial charge in [-0.05, 0) is 52.4 Å². The van der Waals surface area contributed by atoms with Gasteiger partial charge in [-0.25, -0.2) is 4.68 Å². The lowest BCUT2D eigenvalue weighted by atomic mass is 10.2. The van der Waals surface area contributed by atoms with Crippen LogP contribution >= 0.6 is 23.1 Å². The van der Waals surface area contributed by atoms with Crippen LogP contribution in [0.15, 0.2) is 48.1 Å². The number of rotatable bonds is 5. The molecular weight excluding hydrogens is 318 g/mol. The molecule has 0 aliphatic rings. The number of carbonyl (C=O) groups excluding carboxylic acids is 1. The molecule has 0 saturated heterocycles. The number of nitrogens with zero attached hydrogens (tertiary/aromatic N) is 4. The Balaban J connectivity index is 1.71. The number of aromatic nitrogens is 4. The van der Waals surface area contributed by atoms with Gasteiger partial charge in [0.1, 0.15) is 11.6 Å². The molecule has 1 amide bonds. The van der Waals surface area contributed by atoms with Crippen LogP contribution in [0.25, 0.3) is 5.69 Å². The molecule has 0 aliphatic carbocycles. The Morgan fingerprint density at radius 1 is 1.32 bits per heavy atom. The van der Waals surface area contributed by atoms with Gasteiger partial charge in [0, 0.05) is 10.6 Å². The molecule has 0 spiro atoms. The van der Waals surface area contributed by atoms with Crippen molar-refractivity contribution in [3.8, 4) is 5.69 Å². The van der Waals surface area contributed by atoms with E-state index in [-0.39, 0.29) is 11.2 Å². The van der Waals surface area contributed by atoms with Gasteiger partial charge in [0.05, 0.1) is 5.69 Å². The summed E-state index contributed by atoms with van der Waals surface area (Å²) in [6.07, 6.45) is 3.46. The molecule has 1 aromatic carbocycles. The molecule has 1 N–H and O–H groups in total. The highest BCUT2D eigenvalue weighted by Crippen LogP contribution is 2.31. The summed E-state index contributed by atoms with van der Waals surface area (Å²) in [4.78, 5) is 13.4. The van der Waals surface area contributed by atoms with Crippen LogP contribution in [0, 0.1) is 0 Å². The quantitative estimate of drug-likeness (QED) is 0.778. The van der Waals surface area contributed by atoms with Crippen LogP contribution in [0.4, 0.5) is 5.69 Å². The van der Waals surface area contributed by atoms with Gasteiger partial charge in [-0.15, -0.1) is 28.2 Å². The second-order valence-corrected chi connectivity index (χ2v) is 6.34. The van der Waals surface area contributed by atoms with Crippen molar-refractivity contribution in [2.75, 3.05) is 11.6 Å². The van der Waals surface area contributed by atoms with Gasteiger partial charge < -0.3 is 5.32 Å². The lowest BCUT2D eigenvalue weighted by Gasteiger charge is -2.13. The van der Waals surface area contributed by atoms with Gasteiger partial charge in [0.25, 0.3) is 0 Å². The topological polar surface area (TPSA) is 72.7 Å². The van der Waals surface area contributed by atoms with E-state index >= 15 is 0 Å². The van der Waals surface area contributed by atoms with Crippen molar-refractivity contribution in [3.63, 3.8) is 0 Å². The van der Waals surface area contributed by atoms with Crippen molar-refractivity contribution in [2.24, 2.45) is 0 Å². The maximum Gasteiger partial charge on any atom is 0.242 e. The van der Waals surface area contributed by atoms with Gasteiger partial charge in [-0.1, -0.05) is 6.07 Å². The lowest BCUT2D eigenvalue weighted by molar-refractivity contribution is -0.115. The summed E-state index contributed by atoms with van der Waals surface area (Å²) in [5.41, 5.74) is 1.58. The van der Waals surface area contributed by atoms with Crippen LogP contribution in [0.2, 0.25) is 0 Å². The molecule has 3 rings (SSSR count). The Morgan fingerprint density at radius 3 is 2.73 bits per heavy atom. The molecule has 1 unspecified atom stereocenters. The Kier molecular flexibility index (Phi) is 4.50. The number of benzene rings is 1. The number of nitrogens with one attached hydrogen (secondary N) is 1. The smallest absolute Gasteiger partial charge is 0.242 e. The fourth-order valence-electron chi connectivity index (χ4n) is 1.98. The number of tetrazole rings is 1. The number of thiophene rings is 1. The van der Waals surface area contributed by atoms with E-state index in [4.69, 9.17) is 0 Å². The summed E-state index contributed by atoms with van der Waals surface area (Å²) in [5.74, 6) is -0.0230. The van der Waals surface area contributed by atoms with Crippen LogP contribution in [-0.2, 0) is 4.79 Å². The minimum atomic E-state index is -0.195. The molecule has 0 fully saturated rings. The fraction of sp³-hybridized carbons (Fsp3) is 0.143. The molecule has 2 heterocycles. The number of hydrogen-bond donors (Lipinski definition) is 1. The third kappa shape index (κ3) is 3.18. The Labute approximate surface area is 135 Å². The molecule has 2 aromatic heterocycles. The Morgan fingerprint density at radius 2 is 2.14 bits per heavy atom. The zero-order valence-corrected chi connectivity index (χ0v) is 13.3. The van der Waals surface area contributed by atoms with Crippen LogP contribution in [0.3, 0.4) is 0 Å². The first-order valence-corrected chi connectivity index (χ1v) is 8.65. The van der Waals surface area contributed by atoms with E-state index in [1.807, 2.05) is 48.0 Å². The van der Waals surface area contributed by atoms with E-state index in [0.29, 0.717) is 0 Å². The van der Waals surface area contributed by atoms with Gasteiger partial charge in [-0.2, -0.15) is 0 Å². The van der Waals surface area contributed by atoms with Crippen molar-refractivity contribution in [2.45, 2.75) is 5.25 Å². The number of hydrogen-bond acceptors (Lipinski definition) is 6. The number of amides is 1. The van der Waals surface area contributed by atoms with E-state index in [1.54, 1.807) is 16.0 Å². The fourth-order valence-corrected chi connectivity index (χ4v) is 3.72. The maximum atomic E-state index is 12.4. The molecule has 0 saturated carbocycles. The molecule has 0 bridgehead atoms. The average molecular weight is 331 g/mol. The molecular formula is C14H13N5OS2. The van der Waals surface area contributed by atoms with Crippen molar-refractivity contribution < 1.29 is 4.79 Å². The van der Waals surface area contributed by atoms with Crippen LogP contribution in [-0.4, -0.2) is 32.4 Å². The average Bonchev–Trinajstić information content (AvgIpc) is 3.22. The molecule has 112 valence electrons. The van der Waals surface area contributed by atoms with E-state index < -0.39 is 0 Å². The highest BCUT2D eigenvalue weighted by atomic mass is 32.2. The van der Waals surface area contributed by atoms with Gasteiger partial charge in [0.2, 0.25) is 5.91 Å². The molecule has 3 aromatic rings. The first kappa shape index (κ1) is 14.7. The zero-order chi connectivity index (χ0) is 15.4. The molecule has 1 atom stereocenters. The predicted octanol–water partition coefficient (Wildman–Crippen LogP) is 2.77. The van der Waals surface area contributed by atoms with Gasteiger partial charge in [0.15, 0.2) is 0 Å². The second kappa shape index (κ2) is 6.71. The largest absolute Gasteiger partial charge is 0.325 e. The normalized spacial score (nSPS) is 12.0. The standard InChI is InChI=1S/C14H13N5OS2/c1-21-13(12-3-2-8-22-12)14(20)16-10-4-6-11(7-5-10)19-9-15-17-18-19/h2-9,13H,1H3,(H,16,20). The first-order chi connectivity index (χ1) is 10.8. The Bertz CT molecular complexity index is 725. The zero-order valence-electron chi connectivity index (χ0n) is 11.7. The van der Waals surface area contributed by atoms with Crippen molar-refractivity contribution in [1.29, 1.82) is 0 Å². The minimum absolute atomic E-state index is 0.0230. The molecule has 6 nitrogen and oxygen atoms in total. The summed E-state index contributed by atoms with van der Waals surface area (Å²) in [6, 6.07) is 11.3. The lowest BCUT2D eigenvalue weighted by Crippen LogP contribution is -2.18. The first-order valence-electron chi connectivity index (χ1n) is 6.48. The van der Waals surface area contributed by atoms with Crippen molar-refractivity contribution in [3.05, 3.63) is 53.0 Å². The summed E-state index contributed by atoms with van der Waals surface area (Å²) in [6.45, 7) is 0. The summed E-state index contributed by atoms with van der Waals surface area (Å²) in [7, 11) is 0. The van der Waals surface area contributed by atoms with Crippen LogP contribution in [0.5, 0.6) is 0 Å². The predicted molar refractivity (Wildman–Crippen MR) is 88.4 cm³/mol. The van der Waals surface area contributed by atoms with Crippen LogP contribution < -0.4 is 5.32 Å². The van der Waals surface area contributed by atoms with E-state index in [1.165, 1.54) is 18.1 Å². The van der Waals surface area contributed by atoms with E-state index in [0.717, 1.165) is 16.3 Å². The highest BCUT2D eigenvalue weighted by molar-refractivity contribution is 7.99. The summed E-state index contributed by atoms with van der Waals surface area (Å²) < 4.78 is 1.56. The van der Waals surface area contributed by atoms with Gasteiger partial charge in [-0.3, -0.25) is 4.79 Å². The third-order valence-electron chi connectivity index (χ3n) is 3.02. The maximum absolute atomic E-state index is 12.4. The van der Waals surface area contributed by atoms with Crippen molar-refractivity contribution in [1.82, 2.24) is 20.2 Å². The SMILES string of the molecule is CSC(C(=O)Nc1ccc(-n2cnnn2)cc1)c1cccs1. The monoisotopic (exact) mass is 331 g/mol. The third-order valence-corrected chi connectivity index (χ3v) is 5.05. The molecule has 0 aliphatic heterocycles. The molecule has 8 heteroatoms. The van der Waals surface area contributed by atoms with E-state index in [2.05, 4.69) is 20.8 Å². The molecule has 0 radical (unpaired) electrons. The summed E-state index contributed by atoms with van der Waals surface area (Å²) >= 11 is 3.11. The van der Waals surface area contributed by atoms with Gasteiger partial charge >= 0.3 is 0 Å². The summed E-state index contributed by atoms with van der Waals surface area (Å²) in [5, 5.41) is 15.7. The second-order valence-electron chi connectivity index (χ2n) is 4.42. The Hall–Kier alpha value is -2.19. The van der Waals surface area contributed by atoms with Crippen molar-refractivity contribution >= 4 is 34.7 Å².